The van der Waals surface area contributed by atoms with Crippen LogP contribution >= 0.6 is 12.2 Å². The highest BCUT2D eigenvalue weighted by atomic mass is 32.1. The maximum Gasteiger partial charge on any atom is 0.273 e. The monoisotopic (exact) mass is 494 g/mol. The molecule has 3 aliphatic heterocycles. The minimum Gasteiger partial charge on any atom is -0.494 e. The predicted molar refractivity (Wildman–Crippen MR) is 131 cm³/mol. The standard InChI is InChI=1S/C24H22N4O6S/c1-13-3-5-14(6-4-13)27-21(29)19-17-9-10-24(34-17,20(19)22(27)30)12-25-23(35)26-16-8-7-15(28(31)32)11-18(16)33-2/h3-11,17,19-20H,12H2,1-2H3,(H2,25,26,35). The number of nitrogens with one attached hydrogen (secondary N) is 2. The zero-order valence-corrected chi connectivity index (χ0v) is 19.7. The Morgan fingerprint density at radius 2 is 1.97 bits per heavy atom. The van der Waals surface area contributed by atoms with E-state index in [1.165, 1.54) is 30.2 Å². The van der Waals surface area contributed by atoms with E-state index in [1.807, 2.05) is 31.2 Å². The minimum atomic E-state index is -1.02. The van der Waals surface area contributed by atoms with Crippen molar-refractivity contribution in [1.82, 2.24) is 5.32 Å². The van der Waals surface area contributed by atoms with E-state index < -0.39 is 28.5 Å². The van der Waals surface area contributed by atoms with Crippen LogP contribution in [0.25, 0.3) is 0 Å². The second-order valence-corrected chi connectivity index (χ2v) is 9.11. The van der Waals surface area contributed by atoms with Gasteiger partial charge in [-0.2, -0.15) is 0 Å². The summed E-state index contributed by atoms with van der Waals surface area (Å²) in [5, 5.41) is 17.2. The fourth-order valence-electron chi connectivity index (χ4n) is 4.94. The fourth-order valence-corrected chi connectivity index (χ4v) is 5.12. The maximum atomic E-state index is 13.4. The number of benzene rings is 2. The first-order valence-corrected chi connectivity index (χ1v) is 11.3. The van der Waals surface area contributed by atoms with E-state index in [0.717, 1.165) is 5.56 Å². The third-order valence-corrected chi connectivity index (χ3v) is 6.86. The van der Waals surface area contributed by atoms with Crippen LogP contribution in [0, 0.1) is 28.9 Å². The summed E-state index contributed by atoms with van der Waals surface area (Å²) >= 11 is 5.40. The van der Waals surface area contributed by atoms with Gasteiger partial charge < -0.3 is 20.1 Å². The van der Waals surface area contributed by atoms with Gasteiger partial charge in [-0.25, -0.2) is 4.90 Å². The molecule has 10 nitrogen and oxygen atoms in total. The molecule has 2 fully saturated rings. The predicted octanol–water partition coefficient (Wildman–Crippen LogP) is 2.71. The number of imide groups is 1. The molecule has 2 aromatic rings. The second kappa shape index (κ2) is 8.43. The van der Waals surface area contributed by atoms with Crippen LogP contribution in [0.5, 0.6) is 5.75 Å². The van der Waals surface area contributed by atoms with E-state index in [1.54, 1.807) is 12.1 Å². The first kappa shape index (κ1) is 22.9. The molecule has 2 amide bonds. The van der Waals surface area contributed by atoms with E-state index in [4.69, 9.17) is 21.7 Å². The first-order chi connectivity index (χ1) is 16.7. The molecule has 3 heterocycles. The van der Waals surface area contributed by atoms with Gasteiger partial charge in [0.05, 0.1) is 54.0 Å². The third kappa shape index (κ3) is 3.72. The van der Waals surface area contributed by atoms with E-state index in [0.29, 0.717) is 11.4 Å². The molecular formula is C24H22N4O6S. The van der Waals surface area contributed by atoms with Crippen LogP contribution < -0.4 is 20.3 Å². The molecule has 0 radical (unpaired) electrons. The number of fused-ring (bicyclic) bond motifs is 5. The van der Waals surface area contributed by atoms with E-state index in [-0.39, 0.29) is 34.9 Å². The van der Waals surface area contributed by atoms with Gasteiger partial charge in [-0.3, -0.25) is 19.7 Å². The van der Waals surface area contributed by atoms with Crippen LogP contribution in [0.1, 0.15) is 5.56 Å². The number of hydrogen-bond acceptors (Lipinski definition) is 7. The normalized spacial score (nSPS) is 26.1. The number of aryl methyl sites for hydroxylation is 1. The van der Waals surface area contributed by atoms with E-state index in [9.17, 15) is 19.7 Å². The van der Waals surface area contributed by atoms with Gasteiger partial charge in [0.15, 0.2) is 5.11 Å². The quantitative estimate of drug-likeness (QED) is 0.205. The van der Waals surface area contributed by atoms with Crippen LogP contribution in [-0.4, -0.2) is 47.2 Å². The first-order valence-electron chi connectivity index (χ1n) is 10.9. The SMILES string of the molecule is COc1cc([N+](=O)[O-])ccc1NC(=S)NCC12C=CC(O1)C1C(=O)N(c3ccc(C)cc3)C(=O)C12. The van der Waals surface area contributed by atoms with Gasteiger partial charge in [-0.1, -0.05) is 29.8 Å². The van der Waals surface area contributed by atoms with Crippen LogP contribution in [0.3, 0.4) is 0 Å². The summed E-state index contributed by atoms with van der Waals surface area (Å²) in [5.74, 6) is -1.57. The molecule has 2 N–H and O–H groups in total. The number of amides is 2. The number of nitro benzene ring substituents is 1. The molecule has 2 bridgehead atoms. The average molecular weight is 495 g/mol. The number of anilines is 2. The molecule has 0 saturated carbocycles. The molecule has 11 heteroatoms. The summed E-state index contributed by atoms with van der Waals surface area (Å²) in [4.78, 5) is 38.4. The molecule has 3 aliphatic rings. The zero-order valence-electron chi connectivity index (χ0n) is 18.9. The Bertz CT molecular complexity index is 1280. The Balaban J connectivity index is 1.31. The topological polar surface area (TPSA) is 123 Å². The van der Waals surface area contributed by atoms with Crippen molar-refractivity contribution in [2.45, 2.75) is 18.6 Å². The molecule has 2 saturated heterocycles. The highest BCUT2D eigenvalue weighted by Crippen LogP contribution is 2.52. The zero-order chi connectivity index (χ0) is 24.9. The molecule has 0 spiro atoms. The molecule has 2 aromatic carbocycles. The highest BCUT2D eigenvalue weighted by Gasteiger charge is 2.67. The lowest BCUT2D eigenvalue weighted by Crippen LogP contribution is -2.49. The number of rotatable bonds is 6. The second-order valence-electron chi connectivity index (χ2n) is 8.70. The van der Waals surface area contributed by atoms with Gasteiger partial charge in [0.25, 0.3) is 5.69 Å². The summed E-state index contributed by atoms with van der Waals surface area (Å²) < 4.78 is 11.4. The van der Waals surface area contributed by atoms with Crippen LogP contribution in [0.4, 0.5) is 17.1 Å². The number of carbonyl (C=O) groups excluding carboxylic acids is 2. The van der Waals surface area contributed by atoms with Gasteiger partial charge in [0, 0.05) is 6.07 Å². The Labute approximate surface area is 206 Å². The van der Waals surface area contributed by atoms with Gasteiger partial charge in [-0.15, -0.1) is 0 Å². The lowest BCUT2D eigenvalue weighted by Gasteiger charge is -2.29. The smallest absolute Gasteiger partial charge is 0.273 e. The Morgan fingerprint density at radius 3 is 2.66 bits per heavy atom. The Kier molecular flexibility index (Phi) is 5.53. The Hall–Kier alpha value is -3.83. The van der Waals surface area contributed by atoms with Crippen molar-refractivity contribution in [1.29, 1.82) is 0 Å². The molecule has 180 valence electrons. The number of ether oxygens (including phenoxy) is 2. The molecule has 0 aromatic heterocycles. The minimum absolute atomic E-state index is 0.111. The fraction of sp³-hybridized carbons (Fsp3) is 0.292. The van der Waals surface area contributed by atoms with Crippen LogP contribution in [0.2, 0.25) is 0 Å². The number of nitrogens with zero attached hydrogens (tertiary/aromatic N) is 2. The van der Waals surface area contributed by atoms with Gasteiger partial charge >= 0.3 is 0 Å². The lowest BCUT2D eigenvalue weighted by atomic mass is 9.77. The number of methoxy groups -OCH3 is 1. The van der Waals surface area contributed by atoms with Gasteiger partial charge in [0.1, 0.15) is 11.4 Å². The van der Waals surface area contributed by atoms with Crippen molar-refractivity contribution in [3.8, 4) is 5.75 Å². The average Bonchev–Trinajstić information content (AvgIpc) is 3.49. The lowest BCUT2D eigenvalue weighted by molar-refractivity contribution is -0.384. The summed E-state index contributed by atoms with van der Waals surface area (Å²) in [5.41, 5.74) is 0.887. The van der Waals surface area contributed by atoms with Crippen molar-refractivity contribution in [2.75, 3.05) is 23.9 Å². The van der Waals surface area contributed by atoms with Gasteiger partial charge in [-0.05, 0) is 37.3 Å². The Morgan fingerprint density at radius 1 is 1.23 bits per heavy atom. The summed E-state index contributed by atoms with van der Waals surface area (Å²) in [6.45, 7) is 2.09. The summed E-state index contributed by atoms with van der Waals surface area (Å²) in [6, 6.07) is 11.4. The molecular weight excluding hydrogens is 472 g/mol. The van der Waals surface area contributed by atoms with E-state index in [2.05, 4.69) is 10.6 Å². The van der Waals surface area contributed by atoms with Crippen LogP contribution in [-0.2, 0) is 14.3 Å². The number of hydrogen-bond donors (Lipinski definition) is 2. The summed E-state index contributed by atoms with van der Waals surface area (Å²) in [7, 11) is 1.40. The molecule has 4 unspecified atom stereocenters. The molecule has 35 heavy (non-hydrogen) atoms. The third-order valence-electron chi connectivity index (χ3n) is 6.62. The number of non-ortho nitro benzene ring substituents is 1. The summed E-state index contributed by atoms with van der Waals surface area (Å²) in [6.07, 6.45) is 3.16. The number of carbonyl (C=O) groups is 2. The van der Waals surface area contributed by atoms with Gasteiger partial charge in [0.2, 0.25) is 11.8 Å². The van der Waals surface area contributed by atoms with Crippen molar-refractivity contribution in [3.63, 3.8) is 0 Å². The number of thiocarbonyl (C=S) groups is 1. The van der Waals surface area contributed by atoms with Crippen molar-refractivity contribution in [2.24, 2.45) is 11.8 Å². The van der Waals surface area contributed by atoms with Crippen LogP contribution in [0.15, 0.2) is 54.6 Å². The maximum absolute atomic E-state index is 13.4. The molecule has 5 rings (SSSR count). The molecule has 0 aliphatic carbocycles. The van der Waals surface area contributed by atoms with Crippen molar-refractivity contribution < 1.29 is 24.0 Å². The van der Waals surface area contributed by atoms with Crippen molar-refractivity contribution in [3.05, 3.63) is 70.3 Å². The highest BCUT2D eigenvalue weighted by molar-refractivity contribution is 7.80. The molecule has 4 atom stereocenters. The van der Waals surface area contributed by atoms with Crippen molar-refractivity contribution >= 4 is 46.2 Å². The number of nitro groups is 1. The van der Waals surface area contributed by atoms with E-state index >= 15 is 0 Å². The largest absolute Gasteiger partial charge is 0.494 e.